The van der Waals surface area contributed by atoms with E-state index < -0.39 is 15.9 Å². The van der Waals surface area contributed by atoms with Crippen molar-refractivity contribution in [3.63, 3.8) is 0 Å². The quantitative estimate of drug-likeness (QED) is 0.757. The van der Waals surface area contributed by atoms with Crippen molar-refractivity contribution in [3.8, 4) is 0 Å². The molecule has 102 valence electrons. The Kier molecular flexibility index (Phi) is 5.24. The first-order valence-electron chi connectivity index (χ1n) is 5.40. The molecule has 1 aromatic heterocycles. The molecule has 0 aliphatic rings. The van der Waals surface area contributed by atoms with Crippen LogP contribution in [0.5, 0.6) is 0 Å². The minimum Gasteiger partial charge on any atom is -0.350 e. The van der Waals surface area contributed by atoms with Gasteiger partial charge in [-0.2, -0.15) is 0 Å². The van der Waals surface area contributed by atoms with E-state index in [0.717, 1.165) is 16.1 Å². The number of amides is 1. The van der Waals surface area contributed by atoms with Crippen LogP contribution >= 0.6 is 11.3 Å². The molecule has 1 unspecified atom stereocenters. The number of aryl methyl sites for hydroxylation is 1. The number of carbonyl (C=O) groups is 1. The van der Waals surface area contributed by atoms with Crippen molar-refractivity contribution < 1.29 is 13.2 Å². The van der Waals surface area contributed by atoms with Crippen LogP contribution in [0.25, 0.3) is 0 Å². The first kappa shape index (κ1) is 15.1. The minimum absolute atomic E-state index is 0.0821. The molecule has 8 heteroatoms. The van der Waals surface area contributed by atoms with Crippen LogP contribution in [-0.2, 0) is 21.2 Å². The number of nitrogens with two attached hydrogens (primary N) is 1. The molecule has 0 fully saturated rings. The summed E-state index contributed by atoms with van der Waals surface area (Å²) in [6.07, 6.45) is 2.95. The highest BCUT2D eigenvalue weighted by atomic mass is 32.2. The lowest BCUT2D eigenvalue weighted by molar-refractivity contribution is -0.122. The molecule has 0 aromatic carbocycles. The number of nitrogens with one attached hydrogen (secondary N) is 1. The third-order valence-corrected chi connectivity index (χ3v) is 4.13. The maximum Gasteiger partial charge on any atom is 0.237 e. The first-order valence-corrected chi connectivity index (χ1v) is 8.28. The van der Waals surface area contributed by atoms with Gasteiger partial charge in [0.25, 0.3) is 0 Å². The number of carbonyl (C=O) groups excluding carboxylic acids is 1. The minimum atomic E-state index is -3.08. The van der Waals surface area contributed by atoms with Gasteiger partial charge < -0.3 is 11.1 Å². The summed E-state index contributed by atoms with van der Waals surface area (Å²) >= 11 is 1.50. The number of nitrogens with zero attached hydrogens (tertiary/aromatic N) is 1. The Morgan fingerprint density at radius 1 is 1.61 bits per heavy atom. The zero-order chi connectivity index (χ0) is 13.8. The van der Waals surface area contributed by atoms with E-state index in [1.807, 2.05) is 6.92 Å². The van der Waals surface area contributed by atoms with Crippen LogP contribution in [0, 0.1) is 6.92 Å². The second kappa shape index (κ2) is 6.26. The lowest BCUT2D eigenvalue weighted by atomic mass is 10.2. The van der Waals surface area contributed by atoms with Gasteiger partial charge >= 0.3 is 0 Å². The summed E-state index contributed by atoms with van der Waals surface area (Å²) in [6, 6.07) is -0.797. The van der Waals surface area contributed by atoms with Gasteiger partial charge in [0, 0.05) is 17.3 Å². The number of sulfone groups is 1. The molecule has 1 atom stereocenters. The number of rotatable bonds is 6. The van der Waals surface area contributed by atoms with Crippen molar-refractivity contribution in [2.24, 2.45) is 5.73 Å². The Morgan fingerprint density at radius 2 is 2.28 bits per heavy atom. The molecular weight excluding hydrogens is 274 g/mol. The van der Waals surface area contributed by atoms with Crippen LogP contribution < -0.4 is 11.1 Å². The van der Waals surface area contributed by atoms with Gasteiger partial charge in [-0.3, -0.25) is 4.79 Å². The molecule has 0 aliphatic carbocycles. The average Bonchev–Trinajstić information content (AvgIpc) is 2.67. The van der Waals surface area contributed by atoms with Gasteiger partial charge in [-0.15, -0.1) is 11.3 Å². The van der Waals surface area contributed by atoms with Crippen LogP contribution in [0.4, 0.5) is 0 Å². The van der Waals surface area contributed by atoms with Crippen LogP contribution in [0.2, 0.25) is 0 Å². The molecule has 0 spiro atoms. The second-order valence-corrected chi connectivity index (χ2v) is 7.67. The molecule has 18 heavy (non-hydrogen) atoms. The normalized spacial score (nSPS) is 13.3. The summed E-state index contributed by atoms with van der Waals surface area (Å²) in [5.74, 6) is -0.425. The molecule has 1 rings (SSSR count). The van der Waals surface area contributed by atoms with E-state index in [2.05, 4.69) is 10.3 Å². The molecule has 3 N–H and O–H groups in total. The third-order valence-electron chi connectivity index (χ3n) is 2.24. The molecule has 0 saturated carbocycles. The molecular formula is C10H17N3O3S2. The SMILES string of the molecule is Cc1ncc(CNC(=O)C(N)CCS(C)(=O)=O)s1. The van der Waals surface area contributed by atoms with E-state index in [0.29, 0.717) is 6.54 Å². The monoisotopic (exact) mass is 291 g/mol. The molecule has 6 nitrogen and oxygen atoms in total. The van der Waals surface area contributed by atoms with Gasteiger partial charge in [0.15, 0.2) is 0 Å². The summed E-state index contributed by atoms with van der Waals surface area (Å²) in [5.41, 5.74) is 5.61. The number of aromatic nitrogens is 1. The summed E-state index contributed by atoms with van der Waals surface area (Å²) in [5, 5.41) is 3.59. The van der Waals surface area contributed by atoms with E-state index in [1.165, 1.54) is 11.3 Å². The van der Waals surface area contributed by atoms with Crippen LogP contribution in [0.1, 0.15) is 16.3 Å². The van der Waals surface area contributed by atoms with E-state index in [9.17, 15) is 13.2 Å². The number of thiazole rings is 1. The molecule has 0 bridgehead atoms. The van der Waals surface area contributed by atoms with Gasteiger partial charge in [-0.25, -0.2) is 13.4 Å². The van der Waals surface area contributed by atoms with Crippen LogP contribution in [0.3, 0.4) is 0 Å². The van der Waals surface area contributed by atoms with Gasteiger partial charge in [0.05, 0.1) is 23.3 Å². The van der Waals surface area contributed by atoms with Crippen molar-refractivity contribution in [3.05, 3.63) is 16.1 Å². The number of hydrogen-bond acceptors (Lipinski definition) is 6. The molecule has 1 aromatic rings. The Bertz CT molecular complexity index is 510. The van der Waals surface area contributed by atoms with E-state index in [1.54, 1.807) is 6.20 Å². The van der Waals surface area contributed by atoms with Gasteiger partial charge in [-0.05, 0) is 13.3 Å². The van der Waals surface area contributed by atoms with Crippen molar-refractivity contribution in [2.75, 3.05) is 12.0 Å². The summed E-state index contributed by atoms with van der Waals surface area (Å²) < 4.78 is 21.9. The highest BCUT2D eigenvalue weighted by molar-refractivity contribution is 7.90. The lowest BCUT2D eigenvalue weighted by Crippen LogP contribution is -2.41. The van der Waals surface area contributed by atoms with Gasteiger partial charge in [0.1, 0.15) is 9.84 Å². The number of hydrogen-bond donors (Lipinski definition) is 2. The largest absolute Gasteiger partial charge is 0.350 e. The molecule has 0 aliphatic heterocycles. The zero-order valence-corrected chi connectivity index (χ0v) is 12.0. The Hall–Kier alpha value is -0.990. The second-order valence-electron chi connectivity index (χ2n) is 4.09. The third kappa shape index (κ3) is 5.56. The standard InChI is InChI=1S/C10H17N3O3S2/c1-7-12-5-8(17-7)6-13-10(14)9(11)3-4-18(2,15)16/h5,9H,3-4,6,11H2,1-2H3,(H,13,14). The smallest absolute Gasteiger partial charge is 0.237 e. The zero-order valence-electron chi connectivity index (χ0n) is 10.3. The fourth-order valence-electron chi connectivity index (χ4n) is 1.26. The fraction of sp³-hybridized carbons (Fsp3) is 0.600. The first-order chi connectivity index (χ1) is 8.28. The van der Waals surface area contributed by atoms with Crippen molar-refractivity contribution >= 4 is 27.1 Å². The lowest BCUT2D eigenvalue weighted by Gasteiger charge is -2.10. The van der Waals surface area contributed by atoms with Crippen molar-refractivity contribution in [2.45, 2.75) is 25.9 Å². The fourth-order valence-corrected chi connectivity index (χ4v) is 2.68. The van der Waals surface area contributed by atoms with E-state index in [4.69, 9.17) is 5.73 Å². The van der Waals surface area contributed by atoms with E-state index >= 15 is 0 Å². The highest BCUT2D eigenvalue weighted by Gasteiger charge is 2.15. The van der Waals surface area contributed by atoms with Gasteiger partial charge in [0.2, 0.25) is 5.91 Å². The maximum atomic E-state index is 11.6. The Morgan fingerprint density at radius 3 is 2.78 bits per heavy atom. The van der Waals surface area contributed by atoms with Crippen LogP contribution in [0.15, 0.2) is 6.20 Å². The summed E-state index contributed by atoms with van der Waals surface area (Å²) in [4.78, 5) is 16.6. The van der Waals surface area contributed by atoms with Crippen molar-refractivity contribution in [1.29, 1.82) is 0 Å². The Labute approximate surface area is 111 Å². The van der Waals surface area contributed by atoms with E-state index in [-0.39, 0.29) is 18.1 Å². The Balaban J connectivity index is 2.36. The molecule has 1 heterocycles. The predicted molar refractivity (Wildman–Crippen MR) is 71.0 cm³/mol. The molecule has 0 saturated heterocycles. The average molecular weight is 291 g/mol. The molecule has 1 amide bonds. The summed E-state index contributed by atoms with van der Waals surface area (Å²) in [7, 11) is -3.08. The highest BCUT2D eigenvalue weighted by Crippen LogP contribution is 2.10. The maximum absolute atomic E-state index is 11.6. The van der Waals surface area contributed by atoms with Crippen LogP contribution in [-0.4, -0.2) is 37.4 Å². The van der Waals surface area contributed by atoms with Crippen molar-refractivity contribution in [1.82, 2.24) is 10.3 Å². The molecule has 0 radical (unpaired) electrons. The van der Waals surface area contributed by atoms with Gasteiger partial charge in [-0.1, -0.05) is 0 Å². The topological polar surface area (TPSA) is 102 Å². The summed E-state index contributed by atoms with van der Waals surface area (Å²) in [6.45, 7) is 2.25. The predicted octanol–water partition coefficient (Wildman–Crippen LogP) is -0.170.